The molecule has 1 unspecified atom stereocenters. The van der Waals surface area contributed by atoms with E-state index in [-0.39, 0.29) is 5.38 Å². The molecule has 1 atom stereocenters. The minimum atomic E-state index is -0.268. The van der Waals surface area contributed by atoms with Gasteiger partial charge in [-0.05, 0) is 58.5 Å². The lowest BCUT2D eigenvalue weighted by molar-refractivity contribution is 0.410. The predicted octanol–water partition coefficient (Wildman–Crippen LogP) is 5.28. The Hall–Kier alpha value is -0.450. The van der Waals surface area contributed by atoms with Crippen LogP contribution in [0.1, 0.15) is 16.5 Å². The SMILES string of the molecule is COc1ccc(Cl)cc1C(Cl)c1ccc(I)cc1. The second-order valence-electron chi connectivity index (χ2n) is 3.80. The zero-order valence-corrected chi connectivity index (χ0v) is 13.3. The quantitative estimate of drug-likeness (QED) is 0.510. The molecule has 0 N–H and O–H groups in total. The van der Waals surface area contributed by atoms with Gasteiger partial charge in [0.25, 0.3) is 0 Å². The minimum absolute atomic E-state index is 0.268. The number of alkyl halides is 1. The molecule has 0 bridgehead atoms. The first-order chi connectivity index (χ1) is 8.61. The summed E-state index contributed by atoms with van der Waals surface area (Å²) in [6.45, 7) is 0. The average molecular weight is 393 g/mol. The van der Waals surface area contributed by atoms with E-state index in [1.807, 2.05) is 36.4 Å². The average Bonchev–Trinajstić information content (AvgIpc) is 2.39. The van der Waals surface area contributed by atoms with Crippen molar-refractivity contribution < 1.29 is 4.74 Å². The van der Waals surface area contributed by atoms with Crippen molar-refractivity contribution in [1.82, 2.24) is 0 Å². The van der Waals surface area contributed by atoms with Crippen molar-refractivity contribution in [3.05, 3.63) is 62.2 Å². The molecule has 0 saturated carbocycles. The topological polar surface area (TPSA) is 9.23 Å². The van der Waals surface area contributed by atoms with Gasteiger partial charge in [-0.2, -0.15) is 0 Å². The molecule has 1 nitrogen and oxygen atoms in total. The summed E-state index contributed by atoms with van der Waals surface area (Å²) in [7, 11) is 1.63. The highest BCUT2D eigenvalue weighted by molar-refractivity contribution is 14.1. The summed E-state index contributed by atoms with van der Waals surface area (Å²) in [6, 6.07) is 13.6. The normalized spacial score (nSPS) is 12.2. The van der Waals surface area contributed by atoms with E-state index in [4.69, 9.17) is 27.9 Å². The van der Waals surface area contributed by atoms with E-state index in [1.54, 1.807) is 13.2 Å². The maximum atomic E-state index is 6.50. The van der Waals surface area contributed by atoms with Gasteiger partial charge in [0.05, 0.1) is 12.5 Å². The zero-order valence-electron chi connectivity index (χ0n) is 9.66. The van der Waals surface area contributed by atoms with Crippen LogP contribution in [0.2, 0.25) is 5.02 Å². The van der Waals surface area contributed by atoms with E-state index in [2.05, 4.69) is 22.6 Å². The van der Waals surface area contributed by atoms with Gasteiger partial charge in [-0.15, -0.1) is 11.6 Å². The van der Waals surface area contributed by atoms with Gasteiger partial charge >= 0.3 is 0 Å². The summed E-state index contributed by atoms with van der Waals surface area (Å²) in [6.07, 6.45) is 0. The molecule has 2 rings (SSSR count). The molecule has 0 spiro atoms. The summed E-state index contributed by atoms with van der Waals surface area (Å²) < 4.78 is 6.50. The van der Waals surface area contributed by atoms with Gasteiger partial charge in [0.2, 0.25) is 0 Å². The third-order valence-electron chi connectivity index (χ3n) is 2.63. The van der Waals surface area contributed by atoms with Gasteiger partial charge in [0.1, 0.15) is 5.75 Å². The molecule has 0 aliphatic rings. The Morgan fingerprint density at radius 1 is 1.11 bits per heavy atom. The van der Waals surface area contributed by atoms with Crippen LogP contribution in [0.5, 0.6) is 5.75 Å². The van der Waals surface area contributed by atoms with Crippen LogP contribution in [0.3, 0.4) is 0 Å². The van der Waals surface area contributed by atoms with Crippen molar-refractivity contribution >= 4 is 45.8 Å². The molecule has 2 aromatic carbocycles. The van der Waals surface area contributed by atoms with Crippen LogP contribution in [0.4, 0.5) is 0 Å². The van der Waals surface area contributed by atoms with Gasteiger partial charge in [-0.25, -0.2) is 0 Å². The van der Waals surface area contributed by atoms with Crippen molar-refractivity contribution in [2.75, 3.05) is 7.11 Å². The minimum Gasteiger partial charge on any atom is -0.496 e. The number of benzene rings is 2. The molecule has 0 radical (unpaired) electrons. The molecule has 0 aliphatic carbocycles. The molecule has 0 aliphatic heterocycles. The molecule has 0 aromatic heterocycles. The molecule has 0 fully saturated rings. The predicted molar refractivity (Wildman–Crippen MR) is 84.9 cm³/mol. The Labute approximate surface area is 130 Å². The van der Waals surface area contributed by atoms with Crippen LogP contribution in [-0.4, -0.2) is 7.11 Å². The number of ether oxygens (including phenoxy) is 1. The molecule has 0 amide bonds. The summed E-state index contributed by atoms with van der Waals surface area (Å²) in [4.78, 5) is 0. The van der Waals surface area contributed by atoms with Crippen LogP contribution < -0.4 is 4.74 Å². The Morgan fingerprint density at radius 2 is 1.78 bits per heavy atom. The first-order valence-corrected chi connectivity index (χ1v) is 7.24. The van der Waals surface area contributed by atoms with Crippen LogP contribution in [0, 0.1) is 3.57 Å². The molecular weight excluding hydrogens is 382 g/mol. The van der Waals surface area contributed by atoms with Gasteiger partial charge in [-0.3, -0.25) is 0 Å². The molecule has 2 aromatic rings. The largest absolute Gasteiger partial charge is 0.496 e. The maximum absolute atomic E-state index is 6.50. The first kappa shape index (κ1) is 14.0. The summed E-state index contributed by atoms with van der Waals surface area (Å²) in [5.74, 6) is 0.748. The molecule has 0 saturated heterocycles. The number of rotatable bonds is 3. The van der Waals surface area contributed by atoms with Crippen LogP contribution in [-0.2, 0) is 0 Å². The third-order valence-corrected chi connectivity index (χ3v) is 4.07. The van der Waals surface area contributed by atoms with E-state index in [9.17, 15) is 0 Å². The summed E-state index contributed by atoms with van der Waals surface area (Å²) in [5.41, 5.74) is 1.91. The van der Waals surface area contributed by atoms with Crippen molar-refractivity contribution in [3.8, 4) is 5.75 Å². The van der Waals surface area contributed by atoms with Gasteiger partial charge in [-0.1, -0.05) is 23.7 Å². The highest BCUT2D eigenvalue weighted by Crippen LogP contribution is 2.36. The van der Waals surface area contributed by atoms with Crippen LogP contribution in [0.25, 0.3) is 0 Å². The van der Waals surface area contributed by atoms with E-state index >= 15 is 0 Å². The summed E-state index contributed by atoms with van der Waals surface area (Å²) >= 11 is 14.8. The first-order valence-electron chi connectivity index (χ1n) is 5.35. The maximum Gasteiger partial charge on any atom is 0.123 e. The number of methoxy groups -OCH3 is 1. The zero-order chi connectivity index (χ0) is 13.1. The monoisotopic (exact) mass is 392 g/mol. The Bertz CT molecular complexity index is 540. The Morgan fingerprint density at radius 3 is 2.39 bits per heavy atom. The van der Waals surface area contributed by atoms with E-state index in [1.165, 1.54) is 3.57 Å². The van der Waals surface area contributed by atoms with E-state index in [0.29, 0.717) is 5.02 Å². The highest BCUT2D eigenvalue weighted by Gasteiger charge is 2.16. The summed E-state index contributed by atoms with van der Waals surface area (Å²) in [5, 5.41) is 0.387. The molecular formula is C14H11Cl2IO. The lowest BCUT2D eigenvalue weighted by atomic mass is 10.0. The molecule has 94 valence electrons. The lowest BCUT2D eigenvalue weighted by Crippen LogP contribution is -1.97. The fourth-order valence-corrected chi connectivity index (χ4v) is 2.57. The second-order valence-corrected chi connectivity index (χ2v) is 5.92. The molecule has 18 heavy (non-hydrogen) atoms. The van der Waals surface area contributed by atoms with Crippen molar-refractivity contribution in [1.29, 1.82) is 0 Å². The standard InChI is InChI=1S/C14H11Cl2IO/c1-18-13-7-4-10(15)8-12(13)14(16)9-2-5-11(17)6-3-9/h2-8,14H,1H3. The van der Waals surface area contributed by atoms with Gasteiger partial charge < -0.3 is 4.74 Å². The van der Waals surface area contributed by atoms with E-state index < -0.39 is 0 Å². The second kappa shape index (κ2) is 6.13. The van der Waals surface area contributed by atoms with E-state index in [0.717, 1.165) is 16.9 Å². The van der Waals surface area contributed by atoms with Crippen LogP contribution >= 0.6 is 45.8 Å². The fourth-order valence-electron chi connectivity index (χ4n) is 1.71. The van der Waals surface area contributed by atoms with Gasteiger partial charge in [0, 0.05) is 14.2 Å². The Balaban J connectivity index is 2.41. The van der Waals surface area contributed by atoms with Crippen molar-refractivity contribution in [2.45, 2.75) is 5.38 Å². The van der Waals surface area contributed by atoms with Crippen molar-refractivity contribution in [3.63, 3.8) is 0 Å². The third kappa shape index (κ3) is 3.11. The number of halogens is 3. The lowest BCUT2D eigenvalue weighted by Gasteiger charge is -2.14. The number of hydrogen-bond acceptors (Lipinski definition) is 1. The van der Waals surface area contributed by atoms with Crippen LogP contribution in [0.15, 0.2) is 42.5 Å². The Kier molecular flexibility index (Phi) is 4.76. The smallest absolute Gasteiger partial charge is 0.123 e. The highest BCUT2D eigenvalue weighted by atomic mass is 127. The molecule has 0 heterocycles. The molecule has 4 heteroatoms. The fraction of sp³-hybridized carbons (Fsp3) is 0.143. The number of hydrogen-bond donors (Lipinski definition) is 0. The van der Waals surface area contributed by atoms with Gasteiger partial charge in [0.15, 0.2) is 0 Å². The van der Waals surface area contributed by atoms with Crippen molar-refractivity contribution in [2.24, 2.45) is 0 Å².